The van der Waals surface area contributed by atoms with E-state index in [0.29, 0.717) is 12.3 Å². The Kier molecular flexibility index (Phi) is 5.12. The minimum Gasteiger partial charge on any atom is -0.493 e. The summed E-state index contributed by atoms with van der Waals surface area (Å²) in [6.45, 7) is 1.21. The van der Waals surface area contributed by atoms with Gasteiger partial charge in [-0.1, -0.05) is 47.6 Å². The van der Waals surface area contributed by atoms with Crippen molar-refractivity contribution in [2.75, 3.05) is 27.2 Å². The molecule has 0 saturated carbocycles. The molecule has 0 aliphatic carbocycles. The molecule has 4 rings (SSSR count). The van der Waals surface area contributed by atoms with Gasteiger partial charge in [-0.3, -0.25) is 4.79 Å². The predicted octanol–water partition coefficient (Wildman–Crippen LogP) is 3.31. The van der Waals surface area contributed by atoms with Crippen LogP contribution in [0.5, 0.6) is 5.75 Å². The Morgan fingerprint density at radius 3 is 2.79 bits per heavy atom. The lowest BCUT2D eigenvalue weighted by Gasteiger charge is -2.25. The predicted molar refractivity (Wildman–Crippen MR) is 106 cm³/mol. The number of nitrogens with zero attached hydrogens (tertiary/aromatic N) is 2. The van der Waals surface area contributed by atoms with Crippen LogP contribution in [0.15, 0.2) is 59.1 Å². The third-order valence-corrected chi connectivity index (χ3v) is 4.98. The lowest BCUT2D eigenvalue weighted by Crippen LogP contribution is -2.34. The highest BCUT2D eigenvalue weighted by atomic mass is 16.5. The molecule has 144 valence electrons. The molecule has 1 amide bonds. The summed E-state index contributed by atoms with van der Waals surface area (Å²) in [4.78, 5) is 14.7. The van der Waals surface area contributed by atoms with E-state index in [1.165, 1.54) is 5.56 Å². The zero-order valence-corrected chi connectivity index (χ0v) is 16.0. The van der Waals surface area contributed by atoms with Crippen molar-refractivity contribution in [3.8, 4) is 17.1 Å². The first-order valence-corrected chi connectivity index (χ1v) is 9.34. The zero-order valence-electron chi connectivity index (χ0n) is 16.0. The number of aromatic nitrogens is 1. The van der Waals surface area contributed by atoms with Gasteiger partial charge in [0.15, 0.2) is 11.5 Å². The number of carbonyl (C=O) groups is 1. The maximum Gasteiger partial charge on any atom is 0.273 e. The fraction of sp³-hybridized carbons (Fsp3) is 0.273. The van der Waals surface area contributed by atoms with E-state index < -0.39 is 0 Å². The largest absolute Gasteiger partial charge is 0.493 e. The van der Waals surface area contributed by atoms with Crippen LogP contribution in [0.4, 0.5) is 0 Å². The molecule has 2 heterocycles. The lowest BCUT2D eigenvalue weighted by molar-refractivity contribution is 0.0933. The fourth-order valence-corrected chi connectivity index (χ4v) is 3.41. The summed E-state index contributed by atoms with van der Waals surface area (Å²) >= 11 is 0. The molecule has 6 nitrogen and oxygen atoms in total. The van der Waals surface area contributed by atoms with Crippen molar-refractivity contribution in [3.63, 3.8) is 0 Å². The summed E-state index contributed by atoms with van der Waals surface area (Å²) < 4.78 is 10.9. The molecule has 6 heteroatoms. The molecular weight excluding hydrogens is 354 g/mol. The van der Waals surface area contributed by atoms with Gasteiger partial charge in [-0.15, -0.1) is 0 Å². The van der Waals surface area contributed by atoms with Crippen LogP contribution in [0.25, 0.3) is 11.3 Å². The van der Waals surface area contributed by atoms with E-state index in [0.717, 1.165) is 29.9 Å². The van der Waals surface area contributed by atoms with Gasteiger partial charge in [0.2, 0.25) is 0 Å². The number of likely N-dealkylation sites (N-methyl/N-ethyl adjacent to an activating group) is 1. The number of carbonyl (C=O) groups excluding carboxylic acids is 1. The number of fused-ring (bicyclic) bond motifs is 1. The third kappa shape index (κ3) is 3.77. The fourth-order valence-electron chi connectivity index (χ4n) is 3.41. The second kappa shape index (κ2) is 7.86. The van der Waals surface area contributed by atoms with E-state index in [-0.39, 0.29) is 17.6 Å². The molecule has 1 aromatic heterocycles. The second-order valence-electron chi connectivity index (χ2n) is 7.10. The standard InChI is InChI=1S/C22H23N3O3/c1-25(2)19(16-8-9-20-17(12-16)10-11-27-20)14-23-22(26)18-13-21(28-24-18)15-6-4-3-5-7-15/h3-9,12-13,19H,10-11,14H2,1-2H3,(H,23,26)/t19-/m0/s1. The molecule has 0 saturated heterocycles. The van der Waals surface area contributed by atoms with E-state index in [9.17, 15) is 4.79 Å². The van der Waals surface area contributed by atoms with Crippen molar-refractivity contribution < 1.29 is 14.1 Å². The minimum absolute atomic E-state index is 0.0512. The van der Waals surface area contributed by atoms with Gasteiger partial charge >= 0.3 is 0 Å². The quantitative estimate of drug-likeness (QED) is 0.714. The molecule has 28 heavy (non-hydrogen) atoms. The number of hydrogen-bond donors (Lipinski definition) is 1. The molecule has 3 aromatic rings. The van der Waals surface area contributed by atoms with Crippen LogP contribution < -0.4 is 10.1 Å². The maximum atomic E-state index is 12.6. The zero-order chi connectivity index (χ0) is 19.5. The molecule has 1 atom stereocenters. The van der Waals surface area contributed by atoms with E-state index in [2.05, 4.69) is 27.5 Å². The van der Waals surface area contributed by atoms with Crippen LogP contribution in [0, 0.1) is 0 Å². The molecule has 0 unspecified atom stereocenters. The average molecular weight is 377 g/mol. The Bertz CT molecular complexity index is 966. The Labute approximate surface area is 164 Å². The molecule has 1 aliphatic rings. The van der Waals surface area contributed by atoms with Gasteiger partial charge in [-0.2, -0.15) is 0 Å². The summed E-state index contributed by atoms with van der Waals surface area (Å²) in [5.74, 6) is 1.29. The van der Waals surface area contributed by atoms with Crippen molar-refractivity contribution in [1.29, 1.82) is 0 Å². The van der Waals surface area contributed by atoms with E-state index in [1.807, 2.05) is 50.5 Å². The molecule has 2 aromatic carbocycles. The van der Waals surface area contributed by atoms with Crippen molar-refractivity contribution in [1.82, 2.24) is 15.4 Å². The third-order valence-electron chi connectivity index (χ3n) is 4.98. The average Bonchev–Trinajstić information content (AvgIpc) is 3.38. The van der Waals surface area contributed by atoms with Gasteiger partial charge in [-0.05, 0) is 31.3 Å². The molecule has 0 radical (unpaired) electrons. The van der Waals surface area contributed by atoms with Gasteiger partial charge in [0.25, 0.3) is 5.91 Å². The van der Waals surface area contributed by atoms with Crippen molar-refractivity contribution >= 4 is 5.91 Å². The highest BCUT2D eigenvalue weighted by molar-refractivity contribution is 5.93. The number of ether oxygens (including phenoxy) is 1. The van der Waals surface area contributed by atoms with Crippen molar-refractivity contribution in [2.24, 2.45) is 0 Å². The highest BCUT2D eigenvalue weighted by Gasteiger charge is 2.21. The SMILES string of the molecule is CN(C)[C@@H](CNC(=O)c1cc(-c2ccccc2)on1)c1ccc2c(c1)CCO2. The Balaban J connectivity index is 1.45. The number of rotatable bonds is 6. The summed E-state index contributed by atoms with van der Waals surface area (Å²) in [6.07, 6.45) is 0.927. The monoisotopic (exact) mass is 377 g/mol. The molecule has 0 bridgehead atoms. The Morgan fingerprint density at radius 2 is 2.00 bits per heavy atom. The normalized spacial score (nSPS) is 13.8. The van der Waals surface area contributed by atoms with Crippen LogP contribution in [0.2, 0.25) is 0 Å². The topological polar surface area (TPSA) is 67.6 Å². The Morgan fingerprint density at radius 1 is 1.18 bits per heavy atom. The number of hydrogen-bond acceptors (Lipinski definition) is 5. The van der Waals surface area contributed by atoms with Gasteiger partial charge in [0.1, 0.15) is 5.75 Å². The minimum atomic E-state index is -0.248. The summed E-state index contributed by atoms with van der Waals surface area (Å²) in [7, 11) is 4.01. The van der Waals surface area contributed by atoms with E-state index in [1.54, 1.807) is 6.07 Å². The first-order valence-electron chi connectivity index (χ1n) is 9.34. The van der Waals surface area contributed by atoms with Crippen LogP contribution in [-0.2, 0) is 6.42 Å². The molecular formula is C22H23N3O3. The van der Waals surface area contributed by atoms with Crippen molar-refractivity contribution in [2.45, 2.75) is 12.5 Å². The van der Waals surface area contributed by atoms with Crippen LogP contribution >= 0.6 is 0 Å². The van der Waals surface area contributed by atoms with Crippen LogP contribution in [0.1, 0.15) is 27.7 Å². The second-order valence-corrected chi connectivity index (χ2v) is 7.10. The number of benzene rings is 2. The first kappa shape index (κ1) is 18.3. The van der Waals surface area contributed by atoms with Crippen LogP contribution in [0.3, 0.4) is 0 Å². The van der Waals surface area contributed by atoms with Crippen molar-refractivity contribution in [3.05, 3.63) is 71.4 Å². The number of nitrogens with one attached hydrogen (secondary N) is 1. The molecule has 0 spiro atoms. The lowest BCUT2D eigenvalue weighted by atomic mass is 10.0. The molecule has 0 fully saturated rings. The summed E-state index contributed by atoms with van der Waals surface area (Å²) in [5.41, 5.74) is 3.54. The highest BCUT2D eigenvalue weighted by Crippen LogP contribution is 2.29. The van der Waals surface area contributed by atoms with Crippen LogP contribution in [-0.4, -0.2) is 43.2 Å². The summed E-state index contributed by atoms with van der Waals surface area (Å²) in [5, 5.41) is 6.90. The van der Waals surface area contributed by atoms with Gasteiger partial charge < -0.3 is 19.5 Å². The van der Waals surface area contributed by atoms with E-state index in [4.69, 9.17) is 9.26 Å². The molecule has 1 N–H and O–H groups in total. The van der Waals surface area contributed by atoms with Gasteiger partial charge in [0, 0.05) is 24.6 Å². The maximum absolute atomic E-state index is 12.6. The number of amides is 1. The Hall–Kier alpha value is -3.12. The first-order chi connectivity index (χ1) is 13.6. The summed E-state index contributed by atoms with van der Waals surface area (Å²) in [6, 6.07) is 17.6. The smallest absolute Gasteiger partial charge is 0.273 e. The van der Waals surface area contributed by atoms with E-state index >= 15 is 0 Å². The van der Waals surface area contributed by atoms with Gasteiger partial charge in [0.05, 0.1) is 12.6 Å². The molecule has 1 aliphatic heterocycles. The van der Waals surface area contributed by atoms with Gasteiger partial charge in [-0.25, -0.2) is 0 Å².